The van der Waals surface area contributed by atoms with Crippen LogP contribution in [0.1, 0.15) is 35.6 Å². The zero-order valence-corrected chi connectivity index (χ0v) is 11.4. The van der Waals surface area contributed by atoms with Crippen LogP contribution in [0.15, 0.2) is 12.1 Å². The van der Waals surface area contributed by atoms with E-state index >= 15 is 0 Å². The second kappa shape index (κ2) is 4.79. The largest absolute Gasteiger partial charge is 0.379 e. The van der Waals surface area contributed by atoms with E-state index in [1.54, 1.807) is 0 Å². The lowest BCUT2D eigenvalue weighted by Crippen LogP contribution is -2.42. The number of aryl methyl sites for hydroxylation is 3. The highest BCUT2D eigenvalue weighted by Gasteiger charge is 2.28. The molecule has 1 aliphatic heterocycles. The van der Waals surface area contributed by atoms with E-state index in [0.29, 0.717) is 0 Å². The van der Waals surface area contributed by atoms with Crippen LogP contribution in [0.2, 0.25) is 0 Å². The van der Waals surface area contributed by atoms with Crippen LogP contribution in [-0.4, -0.2) is 18.8 Å². The van der Waals surface area contributed by atoms with E-state index < -0.39 is 0 Å². The van der Waals surface area contributed by atoms with Crippen molar-refractivity contribution in [3.8, 4) is 0 Å². The topological polar surface area (TPSA) is 21.3 Å². The van der Waals surface area contributed by atoms with Crippen molar-refractivity contribution in [2.24, 2.45) is 0 Å². The number of benzene rings is 1. The Labute approximate surface area is 104 Å². The van der Waals surface area contributed by atoms with Crippen LogP contribution in [0.4, 0.5) is 0 Å². The average Bonchev–Trinajstić information content (AvgIpc) is 2.69. The highest BCUT2D eigenvalue weighted by atomic mass is 16.5. The summed E-state index contributed by atoms with van der Waals surface area (Å²) in [7, 11) is 0. The van der Waals surface area contributed by atoms with Crippen molar-refractivity contribution in [3.63, 3.8) is 0 Å². The summed E-state index contributed by atoms with van der Waals surface area (Å²) in [5.41, 5.74) is 5.69. The van der Waals surface area contributed by atoms with Crippen molar-refractivity contribution in [3.05, 3.63) is 34.4 Å². The Balaban J connectivity index is 2.06. The van der Waals surface area contributed by atoms with Gasteiger partial charge in [0.2, 0.25) is 0 Å². The Hall–Kier alpha value is -0.860. The van der Waals surface area contributed by atoms with Crippen LogP contribution < -0.4 is 5.32 Å². The molecule has 1 unspecified atom stereocenters. The van der Waals surface area contributed by atoms with Crippen molar-refractivity contribution in [1.29, 1.82) is 0 Å². The fraction of sp³-hybridized carbons (Fsp3) is 0.600. The molecule has 0 bridgehead atoms. The van der Waals surface area contributed by atoms with Crippen LogP contribution in [0.25, 0.3) is 0 Å². The molecule has 94 valence electrons. The second-order valence-electron chi connectivity index (χ2n) is 5.58. The molecule has 1 N–H and O–H groups in total. The first-order valence-electron chi connectivity index (χ1n) is 6.40. The molecule has 1 aliphatic rings. The normalized spacial score (nSPS) is 24.2. The first-order valence-corrected chi connectivity index (χ1v) is 6.40. The molecule has 2 rings (SSSR count). The van der Waals surface area contributed by atoms with Crippen molar-refractivity contribution in [2.45, 2.75) is 46.2 Å². The molecule has 1 saturated heterocycles. The molecule has 0 spiro atoms. The van der Waals surface area contributed by atoms with Gasteiger partial charge in [0.05, 0.1) is 6.61 Å². The molecule has 1 aromatic rings. The van der Waals surface area contributed by atoms with Gasteiger partial charge in [-0.05, 0) is 56.4 Å². The molecule has 1 atom stereocenters. The van der Waals surface area contributed by atoms with Gasteiger partial charge in [-0.1, -0.05) is 12.1 Å². The smallest absolute Gasteiger partial charge is 0.0646 e. The Bertz CT molecular complexity index is 406. The van der Waals surface area contributed by atoms with E-state index in [1.807, 2.05) is 0 Å². The number of hydrogen-bond donors (Lipinski definition) is 1. The van der Waals surface area contributed by atoms with Gasteiger partial charge in [-0.25, -0.2) is 0 Å². The summed E-state index contributed by atoms with van der Waals surface area (Å²) < 4.78 is 5.46. The van der Waals surface area contributed by atoms with Crippen molar-refractivity contribution in [2.75, 3.05) is 13.2 Å². The minimum absolute atomic E-state index is 0.158. The van der Waals surface area contributed by atoms with Crippen molar-refractivity contribution >= 4 is 0 Å². The van der Waals surface area contributed by atoms with Gasteiger partial charge >= 0.3 is 0 Å². The minimum atomic E-state index is 0.158. The molecule has 1 fully saturated rings. The third-order valence-electron chi connectivity index (χ3n) is 3.88. The van der Waals surface area contributed by atoms with E-state index in [9.17, 15) is 0 Å². The summed E-state index contributed by atoms with van der Waals surface area (Å²) >= 11 is 0. The lowest BCUT2D eigenvalue weighted by Gasteiger charge is -2.24. The maximum absolute atomic E-state index is 5.46. The maximum Gasteiger partial charge on any atom is 0.0646 e. The van der Waals surface area contributed by atoms with Crippen molar-refractivity contribution < 1.29 is 4.74 Å². The molecular formula is C15H23NO. The molecule has 0 aliphatic carbocycles. The average molecular weight is 233 g/mol. The summed E-state index contributed by atoms with van der Waals surface area (Å²) in [5, 5.41) is 3.64. The highest BCUT2D eigenvalue weighted by Crippen LogP contribution is 2.20. The van der Waals surface area contributed by atoms with Gasteiger partial charge in [0.25, 0.3) is 0 Å². The maximum atomic E-state index is 5.46. The second-order valence-corrected chi connectivity index (χ2v) is 5.58. The van der Waals surface area contributed by atoms with Crippen LogP contribution in [0.3, 0.4) is 0 Å². The number of hydrogen-bond acceptors (Lipinski definition) is 2. The molecule has 1 heterocycles. The van der Waals surface area contributed by atoms with E-state index in [0.717, 1.165) is 26.2 Å². The standard InChI is InChI=1S/C15H23NO/c1-11-7-13(3)14(8-12(11)2)9-16-15(4)5-6-17-10-15/h7-8,16H,5-6,9-10H2,1-4H3. The first kappa shape index (κ1) is 12.6. The summed E-state index contributed by atoms with van der Waals surface area (Å²) in [6, 6.07) is 4.58. The van der Waals surface area contributed by atoms with Crippen LogP contribution >= 0.6 is 0 Å². The van der Waals surface area contributed by atoms with Crippen molar-refractivity contribution in [1.82, 2.24) is 5.32 Å². The Kier molecular flexibility index (Phi) is 3.55. The molecular weight excluding hydrogens is 210 g/mol. The molecule has 2 heteroatoms. The zero-order valence-electron chi connectivity index (χ0n) is 11.4. The monoisotopic (exact) mass is 233 g/mol. The van der Waals surface area contributed by atoms with Gasteiger partial charge in [-0.2, -0.15) is 0 Å². The quantitative estimate of drug-likeness (QED) is 0.866. The molecule has 0 amide bonds. The van der Waals surface area contributed by atoms with Crippen LogP contribution in [0, 0.1) is 20.8 Å². The fourth-order valence-corrected chi connectivity index (χ4v) is 2.33. The summed E-state index contributed by atoms with van der Waals surface area (Å²) in [6.45, 7) is 11.4. The van der Waals surface area contributed by atoms with E-state index in [2.05, 4.69) is 45.1 Å². The third-order valence-corrected chi connectivity index (χ3v) is 3.88. The molecule has 1 aromatic carbocycles. The van der Waals surface area contributed by atoms with E-state index in [-0.39, 0.29) is 5.54 Å². The lowest BCUT2D eigenvalue weighted by atomic mass is 9.98. The predicted molar refractivity (Wildman–Crippen MR) is 71.3 cm³/mol. The molecule has 0 radical (unpaired) electrons. The van der Waals surface area contributed by atoms with Gasteiger partial charge < -0.3 is 10.1 Å². The van der Waals surface area contributed by atoms with E-state index in [4.69, 9.17) is 4.74 Å². The molecule has 17 heavy (non-hydrogen) atoms. The Morgan fingerprint density at radius 2 is 1.88 bits per heavy atom. The SMILES string of the molecule is Cc1cc(C)c(CNC2(C)CCOC2)cc1C. The van der Waals surface area contributed by atoms with Crippen LogP contribution in [0.5, 0.6) is 0 Å². The van der Waals surface area contributed by atoms with Gasteiger partial charge in [0, 0.05) is 18.7 Å². The Morgan fingerprint density at radius 3 is 2.53 bits per heavy atom. The first-order chi connectivity index (χ1) is 8.00. The van der Waals surface area contributed by atoms with Gasteiger partial charge in [-0.3, -0.25) is 0 Å². The van der Waals surface area contributed by atoms with Gasteiger partial charge in [-0.15, -0.1) is 0 Å². The summed E-state index contributed by atoms with van der Waals surface area (Å²) in [4.78, 5) is 0. The number of nitrogens with one attached hydrogen (secondary N) is 1. The zero-order chi connectivity index (χ0) is 12.5. The Morgan fingerprint density at radius 1 is 1.18 bits per heavy atom. The van der Waals surface area contributed by atoms with Gasteiger partial charge in [0.15, 0.2) is 0 Å². The summed E-state index contributed by atoms with van der Waals surface area (Å²) in [5.74, 6) is 0. The lowest BCUT2D eigenvalue weighted by molar-refractivity contribution is 0.171. The van der Waals surface area contributed by atoms with Crippen LogP contribution in [-0.2, 0) is 11.3 Å². The number of ether oxygens (including phenoxy) is 1. The van der Waals surface area contributed by atoms with E-state index in [1.165, 1.54) is 22.3 Å². The summed E-state index contributed by atoms with van der Waals surface area (Å²) in [6.07, 6.45) is 1.11. The molecule has 2 nitrogen and oxygen atoms in total. The predicted octanol–water partition coefficient (Wildman–Crippen LogP) is 2.88. The fourth-order valence-electron chi connectivity index (χ4n) is 2.33. The molecule has 0 saturated carbocycles. The molecule has 0 aromatic heterocycles. The highest BCUT2D eigenvalue weighted by molar-refractivity contribution is 5.36. The minimum Gasteiger partial charge on any atom is -0.379 e. The number of rotatable bonds is 3. The van der Waals surface area contributed by atoms with Gasteiger partial charge in [0.1, 0.15) is 0 Å². The third kappa shape index (κ3) is 2.88.